The third-order valence-corrected chi connectivity index (χ3v) is 27.2. The van der Waals surface area contributed by atoms with Crippen LogP contribution in [0.4, 0.5) is 86.8 Å². The molecule has 20 rings (SSSR count). The van der Waals surface area contributed by atoms with E-state index in [0.29, 0.717) is 157 Å². The molecular formula is C100H86Cl2F13N23O6S3. The highest BCUT2D eigenvalue weighted by atomic mass is 35.5. The molecule has 0 atom stereocenters. The quantitative estimate of drug-likeness (QED) is 0.0477. The summed E-state index contributed by atoms with van der Waals surface area (Å²) in [7, 11) is 1.48. The molecule has 0 spiro atoms. The summed E-state index contributed by atoms with van der Waals surface area (Å²) in [5.41, 5.74) is 8.72. The number of benzene rings is 5. The molecule has 0 radical (unpaired) electrons. The van der Waals surface area contributed by atoms with E-state index in [4.69, 9.17) is 27.9 Å². The highest BCUT2D eigenvalue weighted by molar-refractivity contribution is 7.12. The Morgan fingerprint density at radius 1 is 0.395 bits per heavy atom. The molecule has 0 fully saturated rings. The Labute approximate surface area is 850 Å². The number of pyridine rings is 1. The minimum Gasteiger partial charge on any atom is -0.496 e. The van der Waals surface area contributed by atoms with Gasteiger partial charge in [-0.25, -0.2) is 62.1 Å². The topological polar surface area (TPSA) is 295 Å². The van der Waals surface area contributed by atoms with Gasteiger partial charge in [0.25, 0.3) is 0 Å². The monoisotopic (exact) mass is 2120 g/mol. The van der Waals surface area contributed by atoms with Crippen molar-refractivity contribution in [1.29, 1.82) is 0 Å². The normalized spacial score (nSPS) is 14.4. The first-order chi connectivity index (χ1) is 70.5. The number of nitrogens with zero attached hydrogens (tertiary/aromatic N) is 23. The SMILES string of the molecule is COc1cc(F)ccc1C1=CCN(c2ncn(Cc3ccc(C(F)(F)F)s3)c(=O)n2)CC1.Cc1nc(N2CC=C(c3ccc(F)cc3)CC2)nc(=O)n1Cn1ccc(C(F)(F)F)n1.O=c1nc(N2CC=C(c3ccc(F)nc3)CC2)ncn1Cc1ccc(Cl)cc1.O=c1nc(N2CC=C(c3cccc(F)c3)CC2)ncn1Cc1ccc(C(F)(F)F)s1.O=c1nc(N2CC=C(c3ccsc3)CC2)ncn1Cc1ccc(Cl)cc1. The molecule has 29 nitrogen and oxygen atoms in total. The third-order valence-electron chi connectivity index (χ3n) is 23.7. The van der Waals surface area contributed by atoms with Crippen molar-refractivity contribution in [1.82, 2.24) is 87.4 Å². The molecule has 760 valence electrons. The largest absolute Gasteiger partial charge is 0.496 e. The van der Waals surface area contributed by atoms with E-state index < -0.39 is 57.0 Å². The predicted molar refractivity (Wildman–Crippen MR) is 535 cm³/mol. The van der Waals surface area contributed by atoms with Crippen LogP contribution in [-0.2, 0) is 51.4 Å². The molecule has 10 aromatic heterocycles. The van der Waals surface area contributed by atoms with E-state index in [0.717, 1.165) is 109 Å². The third kappa shape index (κ3) is 27.7. The minimum absolute atomic E-state index is 0.0243. The molecule has 5 aliphatic rings. The van der Waals surface area contributed by atoms with Crippen molar-refractivity contribution in [3.05, 3.63) is 398 Å². The molecule has 15 aromatic rings. The van der Waals surface area contributed by atoms with Gasteiger partial charge >= 0.3 is 47.0 Å². The number of hydrogen-bond donors (Lipinski definition) is 0. The Balaban J connectivity index is 0.000000131. The van der Waals surface area contributed by atoms with Gasteiger partial charge in [-0.05, 0) is 220 Å². The number of rotatable bonds is 21. The molecule has 0 saturated carbocycles. The summed E-state index contributed by atoms with van der Waals surface area (Å²) < 4.78 is 180. The minimum atomic E-state index is -4.56. The second-order valence-electron chi connectivity index (χ2n) is 33.6. The first kappa shape index (κ1) is 105. The first-order valence-electron chi connectivity index (χ1n) is 45.3. The van der Waals surface area contributed by atoms with Crippen LogP contribution in [0, 0.1) is 30.3 Å². The summed E-state index contributed by atoms with van der Waals surface area (Å²) in [6.45, 7) is 7.94. The molecule has 0 aliphatic carbocycles. The average molecular weight is 2120 g/mol. The van der Waals surface area contributed by atoms with E-state index in [1.807, 2.05) is 91.3 Å². The standard InChI is InChI=1S/C21H18F4N4O2S.C20H17ClFN5O.C20H18F4N6O.C20H16F4N4OS.C19H17ClN4OS/c1-31-17-10-14(22)2-4-16(17)13-6-8-28(9-7-13)19-26-12-29(20(30)27-19)11-15-3-5-18(32-15)21(23,24)25;21-17-4-1-14(2-5-17)12-27-13-24-19(25-20(27)28)26-9-7-15(8-10-26)16-3-6-18(22)23-11-16;1-13-25-18(28-9-6-15(7-10-28)14-2-4-16(21)5-3-14)26-19(31)30(13)12-29-11-8-17(27-29)20(22,23)24;21-15-3-1-2-14(10-15)13-6-8-27(9-7-13)18-25-12-28(19(29)26-18)11-16-4-5-17(30-16)20(22,23)24;20-17-3-1-14(2-4-17)11-24-13-21-18(22-19(24)25)23-8-5-15(6-9-23)16-7-10-26-12-16/h2-6,10,12H,7-9,11H2,1H3;1-7,11,13H,8-10,12H2;2-6,8,11H,7,9-10,12H2,1H3;1-6,10,12H,7-9,11H2;1-5,7,10,12-13H,6,8-9,11H2. The van der Waals surface area contributed by atoms with Crippen molar-refractivity contribution in [3.63, 3.8) is 0 Å². The van der Waals surface area contributed by atoms with Crippen LogP contribution >= 0.6 is 57.2 Å². The zero-order valence-corrected chi connectivity index (χ0v) is 81.8. The zero-order chi connectivity index (χ0) is 104. The van der Waals surface area contributed by atoms with Crippen LogP contribution in [0.5, 0.6) is 5.75 Å². The second-order valence-corrected chi connectivity index (χ2v) is 37.6. The molecule has 47 heteroatoms. The van der Waals surface area contributed by atoms with Crippen LogP contribution in [0.1, 0.15) is 102 Å². The van der Waals surface area contributed by atoms with Gasteiger partial charge in [0.15, 0.2) is 5.69 Å². The number of aromatic nitrogens is 18. The van der Waals surface area contributed by atoms with Gasteiger partial charge in [-0.3, -0.25) is 27.5 Å². The number of aryl methyl sites for hydroxylation is 1. The first-order valence-corrected chi connectivity index (χ1v) is 48.7. The number of alkyl halides is 9. The number of ether oxygens (including phenoxy) is 1. The Morgan fingerprint density at radius 3 is 1.21 bits per heavy atom. The summed E-state index contributed by atoms with van der Waals surface area (Å²) in [6, 6.07) is 42.4. The van der Waals surface area contributed by atoms with Gasteiger partial charge in [0.2, 0.25) is 35.7 Å². The Hall–Kier alpha value is -15.2. The molecule has 147 heavy (non-hydrogen) atoms. The molecule has 0 bridgehead atoms. The van der Waals surface area contributed by atoms with Gasteiger partial charge in [0.05, 0.1) is 33.3 Å². The van der Waals surface area contributed by atoms with Gasteiger partial charge in [-0.15, -0.1) is 22.7 Å². The molecule has 15 heterocycles. The summed E-state index contributed by atoms with van der Waals surface area (Å²) in [6.07, 6.45) is 8.66. The molecule has 5 aliphatic heterocycles. The molecule has 0 N–H and O–H groups in total. The summed E-state index contributed by atoms with van der Waals surface area (Å²) in [5.74, 6) is 0.953. The lowest BCUT2D eigenvalue weighted by Crippen LogP contribution is -2.36. The van der Waals surface area contributed by atoms with Crippen molar-refractivity contribution in [2.45, 2.75) is 90.4 Å². The number of thiophene rings is 3. The summed E-state index contributed by atoms with van der Waals surface area (Å²) >= 11 is 14.7. The lowest BCUT2D eigenvalue weighted by molar-refractivity contribution is -0.141. The van der Waals surface area contributed by atoms with Gasteiger partial charge in [-0.1, -0.05) is 102 Å². The molecular weight excluding hydrogens is 2030 g/mol. The molecule has 5 aromatic carbocycles. The van der Waals surface area contributed by atoms with Crippen LogP contribution in [0.3, 0.4) is 0 Å². The number of hydrogen-bond acceptors (Lipinski definition) is 26. The second kappa shape index (κ2) is 46.9. The fraction of sp³-hybridized carbons (Fsp3) is 0.250. The molecule has 0 amide bonds. The Bertz CT molecular complexity index is 7680. The highest BCUT2D eigenvalue weighted by Crippen LogP contribution is 2.39. The van der Waals surface area contributed by atoms with E-state index in [1.165, 1.54) is 116 Å². The summed E-state index contributed by atoms with van der Waals surface area (Å²) in [5, 5.41) is 9.02. The van der Waals surface area contributed by atoms with Crippen LogP contribution in [0.15, 0.2) is 267 Å². The van der Waals surface area contributed by atoms with Gasteiger partial charge < -0.3 is 29.2 Å². The number of methoxy groups -OCH3 is 1. The van der Waals surface area contributed by atoms with E-state index in [-0.39, 0.29) is 66.4 Å². The van der Waals surface area contributed by atoms with Crippen molar-refractivity contribution < 1.29 is 61.8 Å². The highest BCUT2D eigenvalue weighted by Gasteiger charge is 2.36. The lowest BCUT2D eigenvalue weighted by Gasteiger charge is -2.27. The van der Waals surface area contributed by atoms with Crippen LogP contribution < -0.4 is 57.7 Å². The van der Waals surface area contributed by atoms with Crippen LogP contribution in [-0.4, -0.2) is 160 Å². The van der Waals surface area contributed by atoms with Crippen LogP contribution in [0.25, 0.3) is 27.9 Å². The molecule has 0 saturated heterocycles. The predicted octanol–water partition coefficient (Wildman–Crippen LogP) is 18.4. The lowest BCUT2D eigenvalue weighted by atomic mass is 9.98. The Kier molecular flexibility index (Phi) is 33.4. The fourth-order valence-electron chi connectivity index (χ4n) is 16.0. The van der Waals surface area contributed by atoms with Crippen molar-refractivity contribution in [2.75, 3.05) is 97.1 Å². The molecule has 0 unspecified atom stereocenters. The van der Waals surface area contributed by atoms with Gasteiger partial charge in [-0.2, -0.15) is 90.2 Å². The zero-order valence-electron chi connectivity index (χ0n) is 77.9. The number of anilines is 5. The van der Waals surface area contributed by atoms with Crippen molar-refractivity contribution in [3.8, 4) is 5.75 Å². The maximum atomic E-state index is 13.4. The summed E-state index contributed by atoms with van der Waals surface area (Å²) in [4.78, 5) is 116. The van der Waals surface area contributed by atoms with E-state index in [9.17, 15) is 81.0 Å². The fourth-order valence-corrected chi connectivity index (χ4v) is 18.7. The van der Waals surface area contributed by atoms with E-state index in [1.54, 1.807) is 67.1 Å². The maximum absolute atomic E-state index is 13.4. The van der Waals surface area contributed by atoms with Crippen LogP contribution in [0.2, 0.25) is 10.0 Å². The van der Waals surface area contributed by atoms with Gasteiger partial charge in [0, 0.05) is 109 Å². The number of halogens is 15. The smallest absolute Gasteiger partial charge is 0.435 e. The van der Waals surface area contributed by atoms with Gasteiger partial charge in [0.1, 0.15) is 70.8 Å². The maximum Gasteiger partial charge on any atom is 0.435 e. The van der Waals surface area contributed by atoms with E-state index >= 15 is 0 Å². The van der Waals surface area contributed by atoms with Crippen molar-refractivity contribution in [2.24, 2.45) is 0 Å². The van der Waals surface area contributed by atoms with Crippen molar-refractivity contribution >= 4 is 115 Å². The van der Waals surface area contributed by atoms with E-state index in [2.05, 4.69) is 82.8 Å². The Morgan fingerprint density at radius 2 is 0.816 bits per heavy atom. The average Bonchev–Trinajstić information content (AvgIpc) is 1.80.